The second-order valence-corrected chi connectivity index (χ2v) is 5.64. The topological polar surface area (TPSA) is 60.4 Å². The summed E-state index contributed by atoms with van der Waals surface area (Å²) in [6, 6.07) is 8.00. The first-order valence-corrected chi connectivity index (χ1v) is 7.55. The van der Waals surface area contributed by atoms with Gasteiger partial charge in [-0.25, -0.2) is 9.97 Å². The summed E-state index contributed by atoms with van der Waals surface area (Å²) in [6.07, 6.45) is 5.46. The lowest BCUT2D eigenvalue weighted by Crippen LogP contribution is -2.33. The van der Waals surface area contributed by atoms with Crippen LogP contribution in [0.4, 0.5) is 5.95 Å². The van der Waals surface area contributed by atoms with Crippen molar-refractivity contribution >= 4 is 5.95 Å². The third-order valence-electron chi connectivity index (χ3n) is 4.33. The van der Waals surface area contributed by atoms with Crippen LogP contribution in [0.15, 0.2) is 42.9 Å². The van der Waals surface area contributed by atoms with Crippen LogP contribution in [0, 0.1) is 5.92 Å². The summed E-state index contributed by atoms with van der Waals surface area (Å²) in [4.78, 5) is 15.2. The minimum atomic E-state index is 0.123. The van der Waals surface area contributed by atoms with Gasteiger partial charge in [-0.3, -0.25) is 4.98 Å². The number of hydrogen-bond acceptors (Lipinski definition) is 6. The van der Waals surface area contributed by atoms with Crippen LogP contribution in [0.25, 0.3) is 0 Å². The largest absolute Gasteiger partial charge is 0.379 e. The van der Waals surface area contributed by atoms with E-state index in [1.807, 2.05) is 24.3 Å². The summed E-state index contributed by atoms with van der Waals surface area (Å²) in [5, 5.41) is 0. The minimum Gasteiger partial charge on any atom is -0.379 e. The lowest BCUT2D eigenvalue weighted by atomic mass is 10.0. The number of pyridine rings is 1. The van der Waals surface area contributed by atoms with E-state index in [2.05, 4.69) is 19.9 Å². The molecule has 6 nitrogen and oxygen atoms in total. The summed E-state index contributed by atoms with van der Waals surface area (Å²) < 4.78 is 11.8. The standard InChI is InChI=1S/C16H18N4O2/c1-2-5-17-12(4-1)9-22-15-8-20(14-11-21-10-13(14)15)16-18-6-3-7-19-16/h1-7,13-15H,8-11H2/t13-,14+,15-/m0/s1. The number of anilines is 1. The van der Waals surface area contributed by atoms with Gasteiger partial charge in [0.1, 0.15) is 0 Å². The zero-order chi connectivity index (χ0) is 14.8. The van der Waals surface area contributed by atoms with E-state index in [9.17, 15) is 0 Å². The highest BCUT2D eigenvalue weighted by molar-refractivity contribution is 5.35. The van der Waals surface area contributed by atoms with Crippen LogP contribution in [0.3, 0.4) is 0 Å². The molecular formula is C16H18N4O2. The van der Waals surface area contributed by atoms with E-state index in [0.29, 0.717) is 25.2 Å². The molecule has 2 fully saturated rings. The van der Waals surface area contributed by atoms with E-state index in [0.717, 1.165) is 24.8 Å². The Bertz CT molecular complexity index is 610. The molecule has 4 heterocycles. The number of rotatable bonds is 4. The monoisotopic (exact) mass is 298 g/mol. The van der Waals surface area contributed by atoms with Gasteiger partial charge in [-0.05, 0) is 18.2 Å². The smallest absolute Gasteiger partial charge is 0.225 e. The number of nitrogens with zero attached hydrogens (tertiary/aromatic N) is 4. The van der Waals surface area contributed by atoms with Crippen LogP contribution in [-0.4, -0.2) is 46.9 Å². The summed E-state index contributed by atoms with van der Waals surface area (Å²) in [5.74, 6) is 1.12. The maximum atomic E-state index is 6.11. The molecule has 0 aromatic carbocycles. The van der Waals surface area contributed by atoms with Gasteiger partial charge in [0, 0.05) is 31.1 Å². The molecule has 22 heavy (non-hydrogen) atoms. The second-order valence-electron chi connectivity index (χ2n) is 5.64. The Balaban J connectivity index is 1.47. The molecule has 2 aromatic heterocycles. The van der Waals surface area contributed by atoms with Crippen LogP contribution in [-0.2, 0) is 16.1 Å². The number of fused-ring (bicyclic) bond motifs is 1. The van der Waals surface area contributed by atoms with E-state index >= 15 is 0 Å². The van der Waals surface area contributed by atoms with Crippen molar-refractivity contribution in [3.05, 3.63) is 48.5 Å². The van der Waals surface area contributed by atoms with Gasteiger partial charge in [-0.2, -0.15) is 0 Å². The Morgan fingerprint density at radius 3 is 2.77 bits per heavy atom. The predicted molar refractivity (Wildman–Crippen MR) is 80.3 cm³/mol. The van der Waals surface area contributed by atoms with E-state index < -0.39 is 0 Å². The molecule has 6 heteroatoms. The fourth-order valence-electron chi connectivity index (χ4n) is 3.22. The molecule has 0 saturated carbocycles. The highest BCUT2D eigenvalue weighted by atomic mass is 16.5. The molecule has 0 bridgehead atoms. The van der Waals surface area contributed by atoms with Crippen LogP contribution < -0.4 is 4.90 Å². The summed E-state index contributed by atoms with van der Waals surface area (Å²) in [7, 11) is 0. The van der Waals surface area contributed by atoms with Crippen molar-refractivity contribution in [3.8, 4) is 0 Å². The normalized spacial score (nSPS) is 27.1. The molecule has 2 aliphatic heterocycles. The first-order chi connectivity index (χ1) is 10.9. The molecule has 0 radical (unpaired) electrons. The van der Waals surface area contributed by atoms with Gasteiger partial charge in [0.05, 0.1) is 37.7 Å². The average Bonchev–Trinajstić information content (AvgIpc) is 3.17. The molecule has 2 aliphatic rings. The van der Waals surface area contributed by atoms with Crippen LogP contribution >= 0.6 is 0 Å². The highest BCUT2D eigenvalue weighted by Gasteiger charge is 2.47. The van der Waals surface area contributed by atoms with E-state index in [4.69, 9.17) is 9.47 Å². The Morgan fingerprint density at radius 2 is 1.95 bits per heavy atom. The molecule has 0 aliphatic carbocycles. The molecule has 0 amide bonds. The van der Waals surface area contributed by atoms with Crippen molar-refractivity contribution in [1.82, 2.24) is 15.0 Å². The quantitative estimate of drug-likeness (QED) is 0.848. The minimum absolute atomic E-state index is 0.123. The molecular weight excluding hydrogens is 280 g/mol. The fraction of sp³-hybridized carbons (Fsp3) is 0.438. The van der Waals surface area contributed by atoms with Gasteiger partial charge >= 0.3 is 0 Å². The highest BCUT2D eigenvalue weighted by Crippen LogP contribution is 2.34. The summed E-state index contributed by atoms with van der Waals surface area (Å²) in [5.41, 5.74) is 0.951. The van der Waals surface area contributed by atoms with E-state index in [1.54, 1.807) is 18.6 Å². The number of aromatic nitrogens is 3. The molecule has 4 rings (SSSR count). The summed E-state index contributed by atoms with van der Waals surface area (Å²) >= 11 is 0. The third kappa shape index (κ3) is 2.55. The van der Waals surface area contributed by atoms with Gasteiger partial charge in [0.25, 0.3) is 0 Å². The zero-order valence-corrected chi connectivity index (χ0v) is 12.2. The van der Waals surface area contributed by atoms with E-state index in [-0.39, 0.29) is 6.10 Å². The maximum absolute atomic E-state index is 6.11. The Morgan fingerprint density at radius 1 is 1.09 bits per heavy atom. The number of hydrogen-bond donors (Lipinski definition) is 0. The van der Waals surface area contributed by atoms with Crippen molar-refractivity contribution in [2.24, 2.45) is 5.92 Å². The third-order valence-corrected chi connectivity index (χ3v) is 4.33. The molecule has 2 aromatic rings. The van der Waals surface area contributed by atoms with Gasteiger partial charge in [-0.15, -0.1) is 0 Å². The Hall–Kier alpha value is -2.05. The van der Waals surface area contributed by atoms with E-state index in [1.165, 1.54) is 0 Å². The first kappa shape index (κ1) is 13.6. The van der Waals surface area contributed by atoms with Crippen molar-refractivity contribution in [2.45, 2.75) is 18.8 Å². The van der Waals surface area contributed by atoms with Gasteiger partial charge in [0.2, 0.25) is 5.95 Å². The second kappa shape index (κ2) is 5.98. The first-order valence-electron chi connectivity index (χ1n) is 7.55. The van der Waals surface area contributed by atoms with Crippen molar-refractivity contribution < 1.29 is 9.47 Å². The fourth-order valence-corrected chi connectivity index (χ4v) is 3.22. The Labute approximate surface area is 129 Å². The van der Waals surface area contributed by atoms with Gasteiger partial charge < -0.3 is 14.4 Å². The van der Waals surface area contributed by atoms with Crippen molar-refractivity contribution in [1.29, 1.82) is 0 Å². The predicted octanol–water partition coefficient (Wildman–Crippen LogP) is 1.29. The van der Waals surface area contributed by atoms with Crippen molar-refractivity contribution in [2.75, 3.05) is 24.7 Å². The molecule has 3 atom stereocenters. The molecule has 0 unspecified atom stereocenters. The molecule has 0 spiro atoms. The zero-order valence-electron chi connectivity index (χ0n) is 12.2. The van der Waals surface area contributed by atoms with Crippen LogP contribution in [0.1, 0.15) is 5.69 Å². The average molecular weight is 298 g/mol. The van der Waals surface area contributed by atoms with Gasteiger partial charge in [-0.1, -0.05) is 6.07 Å². The lowest BCUT2D eigenvalue weighted by molar-refractivity contribution is 0.0146. The molecule has 0 N–H and O–H groups in total. The van der Waals surface area contributed by atoms with Crippen molar-refractivity contribution in [3.63, 3.8) is 0 Å². The van der Waals surface area contributed by atoms with Crippen LogP contribution in [0.2, 0.25) is 0 Å². The SMILES string of the molecule is c1ccc(CO[C@H]2CN(c3ncccn3)[C@@H]3COC[C@H]23)nc1. The Kier molecular flexibility index (Phi) is 3.70. The molecule has 114 valence electrons. The number of ether oxygens (including phenoxy) is 2. The summed E-state index contributed by atoms with van der Waals surface area (Å²) in [6.45, 7) is 2.78. The maximum Gasteiger partial charge on any atom is 0.225 e. The lowest BCUT2D eigenvalue weighted by Gasteiger charge is -2.21. The van der Waals surface area contributed by atoms with Crippen LogP contribution in [0.5, 0.6) is 0 Å². The molecule has 2 saturated heterocycles. The van der Waals surface area contributed by atoms with Gasteiger partial charge in [0.15, 0.2) is 0 Å².